The van der Waals surface area contributed by atoms with E-state index in [1.54, 1.807) is 0 Å². The van der Waals surface area contributed by atoms with Crippen molar-refractivity contribution in [3.63, 3.8) is 0 Å². The van der Waals surface area contributed by atoms with Crippen molar-refractivity contribution in [3.8, 4) is 11.4 Å². The molecule has 0 aliphatic heterocycles. The quantitative estimate of drug-likeness (QED) is 0.436. The molecule has 0 aliphatic carbocycles. The molecule has 2 aromatic rings. The van der Waals surface area contributed by atoms with Crippen molar-refractivity contribution in [2.75, 3.05) is 30.0 Å². The highest BCUT2D eigenvalue weighted by Gasteiger charge is 2.09. The van der Waals surface area contributed by atoms with Crippen LogP contribution < -0.4 is 11.1 Å². The molecule has 2 rings (SSSR count). The monoisotopic (exact) mass is 462 g/mol. The molecular formula is C22H46N4O4S. The maximum atomic E-state index is 9.20. The van der Waals surface area contributed by atoms with Gasteiger partial charge in [0.1, 0.15) is 5.82 Å². The van der Waals surface area contributed by atoms with Gasteiger partial charge in [0.2, 0.25) is 0 Å². The first-order valence-corrected chi connectivity index (χ1v) is 11.0. The molecule has 184 valence electrons. The highest BCUT2D eigenvalue weighted by atomic mass is 32.2. The van der Waals surface area contributed by atoms with Crippen LogP contribution >= 0.6 is 11.8 Å². The van der Waals surface area contributed by atoms with Gasteiger partial charge in [-0.1, -0.05) is 35.1 Å². The number of nitrogens with zero attached hydrogens (tertiary/aromatic N) is 2. The van der Waals surface area contributed by atoms with Gasteiger partial charge in [-0.2, -0.15) is 11.8 Å². The lowest BCUT2D eigenvalue weighted by Gasteiger charge is -2.14. The van der Waals surface area contributed by atoms with E-state index in [1.807, 2.05) is 69.8 Å². The van der Waals surface area contributed by atoms with Crippen LogP contribution in [0.2, 0.25) is 0 Å². The van der Waals surface area contributed by atoms with Gasteiger partial charge in [-0.05, 0) is 43.4 Å². The molecule has 1 aromatic carbocycles. The number of hydrogen-bond donors (Lipinski definition) is 4. The van der Waals surface area contributed by atoms with E-state index in [0.717, 1.165) is 35.0 Å². The summed E-state index contributed by atoms with van der Waals surface area (Å²) in [5, 5.41) is 20.3. The number of nitrogens with two attached hydrogens (primary N) is 1. The third-order valence-corrected chi connectivity index (χ3v) is 4.20. The molecule has 0 spiro atoms. The van der Waals surface area contributed by atoms with Gasteiger partial charge in [0.25, 0.3) is 0 Å². The van der Waals surface area contributed by atoms with Gasteiger partial charge in [0.05, 0.1) is 12.3 Å². The Labute approximate surface area is 193 Å². The van der Waals surface area contributed by atoms with Crippen molar-refractivity contribution in [2.24, 2.45) is 0 Å². The number of thioether (sulfide) groups is 1. The molecule has 0 aliphatic rings. The molecule has 1 atom stereocenters. The van der Waals surface area contributed by atoms with E-state index < -0.39 is 0 Å². The molecule has 1 heterocycles. The lowest BCUT2D eigenvalue weighted by Crippen LogP contribution is -2.20. The number of aromatic nitrogens is 2. The molecule has 0 saturated heterocycles. The predicted molar refractivity (Wildman–Crippen MR) is 139 cm³/mol. The lowest BCUT2D eigenvalue weighted by atomic mass is 10.2. The number of aliphatic hydroxyl groups excluding tert-OH is 2. The van der Waals surface area contributed by atoms with E-state index in [2.05, 4.69) is 22.2 Å². The minimum absolute atomic E-state index is 0. The largest absolute Gasteiger partial charge is 0.412 e. The predicted octanol–water partition coefficient (Wildman–Crippen LogP) is 3.42. The molecule has 31 heavy (non-hydrogen) atoms. The summed E-state index contributed by atoms with van der Waals surface area (Å²) in [5.74, 6) is 3.28. The van der Waals surface area contributed by atoms with Crippen LogP contribution in [0, 0.1) is 0 Å². The van der Waals surface area contributed by atoms with Gasteiger partial charge < -0.3 is 32.2 Å². The molecular weight excluding hydrogens is 416 g/mol. The molecule has 0 radical (unpaired) electrons. The molecule has 9 heteroatoms. The first-order chi connectivity index (χ1) is 13.5. The summed E-state index contributed by atoms with van der Waals surface area (Å²) in [6.07, 6.45) is 0.875. The van der Waals surface area contributed by atoms with Crippen molar-refractivity contribution >= 4 is 23.3 Å². The van der Waals surface area contributed by atoms with Crippen LogP contribution in [-0.2, 0) is 5.75 Å². The van der Waals surface area contributed by atoms with E-state index in [0.29, 0.717) is 18.1 Å². The first-order valence-electron chi connectivity index (χ1n) is 9.83. The number of rotatable bonds is 8. The first kappa shape index (κ1) is 36.5. The van der Waals surface area contributed by atoms with Crippen LogP contribution in [0.5, 0.6) is 0 Å². The zero-order chi connectivity index (χ0) is 21.4. The van der Waals surface area contributed by atoms with Crippen molar-refractivity contribution in [1.82, 2.24) is 9.97 Å². The van der Waals surface area contributed by atoms with Gasteiger partial charge in [0.15, 0.2) is 5.82 Å². The number of hydrogen-bond acceptors (Lipinski definition) is 7. The Morgan fingerprint density at radius 1 is 1.10 bits per heavy atom. The SMILES string of the molecule is C.CC.CCCO.CCSCc1cc(N[C@@H](C)CO)nc(-c2ccc(N)cc2)n1.O.O.[HH]. The molecule has 0 fully saturated rings. The van der Waals surface area contributed by atoms with Gasteiger partial charge in [-0.25, -0.2) is 9.97 Å². The summed E-state index contributed by atoms with van der Waals surface area (Å²) in [7, 11) is 0. The Bertz CT molecular complexity index is 650. The summed E-state index contributed by atoms with van der Waals surface area (Å²) < 4.78 is 0. The Balaban J connectivity index is -0.000000220. The molecule has 0 unspecified atom stereocenters. The zero-order valence-corrected chi connectivity index (χ0v) is 19.6. The van der Waals surface area contributed by atoms with Crippen molar-refractivity contribution < 1.29 is 22.6 Å². The Kier molecular flexibility index (Phi) is 26.8. The van der Waals surface area contributed by atoms with Crippen molar-refractivity contribution in [3.05, 3.63) is 36.0 Å². The smallest absolute Gasteiger partial charge is 0.161 e. The summed E-state index contributed by atoms with van der Waals surface area (Å²) in [5.41, 5.74) is 8.35. The standard InChI is InChI=1S/C16H22N4OS.C3H8O.C2H6.CH4.2H2O.H2/c1-3-22-10-14-8-15(18-11(2)9-21)20-16(19-14)12-4-6-13(17)7-5-12;1-2-3-4;1-2;;;;/h4-8,11,21H,3,9-10,17H2,1-2H3,(H,18,19,20);4H,2-3H2,1H3;1-2H3;1H4;2*1H2;1H/t11-;;;;;;/m0....../s1. The fraction of sp³-hybridized carbons (Fsp3) is 0.545. The maximum absolute atomic E-state index is 9.20. The third-order valence-electron chi connectivity index (χ3n) is 3.29. The second-order valence-corrected chi connectivity index (χ2v) is 7.05. The van der Waals surface area contributed by atoms with Gasteiger partial charge >= 0.3 is 0 Å². The van der Waals surface area contributed by atoms with Crippen LogP contribution in [0.25, 0.3) is 11.4 Å². The van der Waals surface area contributed by atoms with E-state index in [4.69, 9.17) is 10.8 Å². The van der Waals surface area contributed by atoms with Crippen LogP contribution in [0.4, 0.5) is 11.5 Å². The van der Waals surface area contributed by atoms with E-state index in [-0.39, 0.29) is 32.5 Å². The number of nitrogen functional groups attached to an aromatic ring is 1. The average molecular weight is 463 g/mol. The van der Waals surface area contributed by atoms with Crippen LogP contribution in [0.15, 0.2) is 30.3 Å². The van der Waals surface area contributed by atoms with E-state index in [1.165, 1.54) is 0 Å². The molecule has 1 aromatic heterocycles. The second-order valence-electron chi connectivity index (χ2n) is 5.78. The molecule has 0 amide bonds. The Morgan fingerprint density at radius 2 is 1.65 bits per heavy atom. The Hall–Kier alpha value is -1.91. The van der Waals surface area contributed by atoms with Gasteiger partial charge in [-0.15, -0.1) is 0 Å². The van der Waals surface area contributed by atoms with Gasteiger partial charge in [0, 0.05) is 37.1 Å². The van der Waals surface area contributed by atoms with Crippen molar-refractivity contribution in [2.45, 2.75) is 60.3 Å². The highest BCUT2D eigenvalue weighted by molar-refractivity contribution is 7.98. The lowest BCUT2D eigenvalue weighted by molar-refractivity contribution is 0.281. The molecule has 0 bridgehead atoms. The fourth-order valence-electron chi connectivity index (χ4n) is 1.91. The van der Waals surface area contributed by atoms with E-state index in [9.17, 15) is 5.11 Å². The molecule has 0 saturated carbocycles. The number of anilines is 2. The summed E-state index contributed by atoms with van der Waals surface area (Å²) in [6.45, 7) is 10.3. The summed E-state index contributed by atoms with van der Waals surface area (Å²) >= 11 is 1.81. The summed E-state index contributed by atoms with van der Waals surface area (Å²) in [4.78, 5) is 9.17. The van der Waals surface area contributed by atoms with Crippen molar-refractivity contribution in [1.29, 1.82) is 0 Å². The fourth-order valence-corrected chi connectivity index (χ4v) is 2.47. The summed E-state index contributed by atoms with van der Waals surface area (Å²) in [6, 6.07) is 9.41. The minimum Gasteiger partial charge on any atom is -0.412 e. The average Bonchev–Trinajstić information content (AvgIpc) is 2.74. The van der Waals surface area contributed by atoms with Gasteiger partial charge in [-0.3, -0.25) is 0 Å². The normalized spacial score (nSPS) is 9.77. The molecule has 9 N–H and O–H groups in total. The van der Waals surface area contributed by atoms with Crippen LogP contribution in [-0.4, -0.2) is 56.1 Å². The number of nitrogens with one attached hydrogen (secondary N) is 1. The highest BCUT2D eigenvalue weighted by Crippen LogP contribution is 2.21. The van der Waals surface area contributed by atoms with E-state index >= 15 is 0 Å². The Morgan fingerprint density at radius 3 is 2.10 bits per heavy atom. The second kappa shape index (κ2) is 22.8. The van der Waals surface area contributed by atoms with Crippen LogP contribution in [0.1, 0.15) is 55.6 Å². The number of benzene rings is 1. The number of aliphatic hydroxyl groups is 2. The third kappa shape index (κ3) is 15.5. The topological polar surface area (TPSA) is 167 Å². The maximum Gasteiger partial charge on any atom is 0.161 e. The minimum atomic E-state index is -0.0548. The zero-order valence-electron chi connectivity index (χ0n) is 18.8. The van der Waals surface area contributed by atoms with Crippen LogP contribution in [0.3, 0.4) is 0 Å². The molecule has 8 nitrogen and oxygen atoms in total.